The molecule has 1 aromatic carbocycles. The van der Waals surface area contributed by atoms with Gasteiger partial charge in [-0.2, -0.15) is 0 Å². The Morgan fingerprint density at radius 3 is 2.15 bits per heavy atom. The van der Waals surface area contributed by atoms with Gasteiger partial charge in [-0.15, -0.1) is 0 Å². The Kier molecular flexibility index (Phi) is 14.3. The summed E-state index contributed by atoms with van der Waals surface area (Å²) >= 11 is 0. The van der Waals surface area contributed by atoms with Crippen LogP contribution in [-0.4, -0.2) is 22.2 Å². The molecule has 0 aliphatic heterocycles. The number of hydrogen-bond acceptors (Lipinski definition) is 2. The lowest BCUT2D eigenvalue weighted by molar-refractivity contribution is -0.132. The first-order chi connectivity index (χ1) is 12.4. The van der Waals surface area contributed by atoms with Crippen molar-refractivity contribution in [1.82, 2.24) is 0 Å². The van der Waals surface area contributed by atoms with Crippen LogP contribution in [0.15, 0.2) is 60.7 Å². The van der Waals surface area contributed by atoms with Crippen LogP contribution < -0.4 is 0 Å². The fraction of sp³-hybridized carbons (Fsp3) is 0.364. The van der Waals surface area contributed by atoms with E-state index in [2.05, 4.69) is 13.8 Å². The third-order valence-corrected chi connectivity index (χ3v) is 3.35. The number of hydrogen-bond donors (Lipinski definition) is 2. The second kappa shape index (κ2) is 15.9. The number of carboxylic acids is 2. The first-order valence-electron chi connectivity index (χ1n) is 8.94. The Hall–Kier alpha value is -2.62. The predicted molar refractivity (Wildman–Crippen MR) is 107 cm³/mol. The molecule has 0 saturated heterocycles. The summed E-state index contributed by atoms with van der Waals surface area (Å²) in [6.45, 7) is 4.45. The number of carbonyl (C=O) groups is 2. The van der Waals surface area contributed by atoms with E-state index in [-0.39, 0.29) is 0 Å². The quantitative estimate of drug-likeness (QED) is 0.325. The van der Waals surface area contributed by atoms with Crippen LogP contribution in [0.1, 0.15) is 51.5 Å². The Morgan fingerprint density at radius 1 is 0.923 bits per heavy atom. The van der Waals surface area contributed by atoms with Crippen LogP contribution in [-0.2, 0) is 9.59 Å². The number of carboxylic acid groups (broad SMARTS) is 2. The van der Waals surface area contributed by atoms with Gasteiger partial charge >= 0.3 is 11.9 Å². The lowest BCUT2D eigenvalue weighted by atomic mass is 10.0. The molecule has 0 bridgehead atoms. The molecule has 0 unspecified atom stereocenters. The van der Waals surface area contributed by atoms with E-state index in [1.54, 1.807) is 12.2 Å². The van der Waals surface area contributed by atoms with Gasteiger partial charge in [0.2, 0.25) is 0 Å². The van der Waals surface area contributed by atoms with Gasteiger partial charge in [0, 0.05) is 12.2 Å². The summed E-state index contributed by atoms with van der Waals surface area (Å²) in [7, 11) is 0. The standard InChI is InChI=1S/C11H10O2.C11H20O2/c12-11(13)9-5-4-8-10-6-2-1-3-7-10;1-10(2)8-6-4-3-5-7-9-11(12)13/h1-9H,(H,12,13);7,9-10H,3-6,8H2,1-2H3,(H,12,13). The summed E-state index contributed by atoms with van der Waals surface area (Å²) in [6.07, 6.45) is 14.8. The highest BCUT2D eigenvalue weighted by Crippen LogP contribution is 2.09. The zero-order valence-electron chi connectivity index (χ0n) is 15.7. The van der Waals surface area contributed by atoms with E-state index in [1.165, 1.54) is 31.4 Å². The topological polar surface area (TPSA) is 74.6 Å². The van der Waals surface area contributed by atoms with Crippen LogP contribution in [0.5, 0.6) is 0 Å². The summed E-state index contributed by atoms with van der Waals surface area (Å²) in [5, 5.41) is 16.6. The highest BCUT2D eigenvalue weighted by molar-refractivity contribution is 5.80. The predicted octanol–water partition coefficient (Wildman–Crippen LogP) is 5.57. The average molecular weight is 358 g/mol. The summed E-state index contributed by atoms with van der Waals surface area (Å²) in [6, 6.07) is 9.70. The van der Waals surface area contributed by atoms with Crippen LogP contribution in [0.3, 0.4) is 0 Å². The maximum atomic E-state index is 10.1. The minimum absolute atomic E-state index is 0.787. The molecule has 0 fully saturated rings. The third-order valence-electron chi connectivity index (χ3n) is 3.35. The third kappa shape index (κ3) is 17.7. The van der Waals surface area contributed by atoms with Gasteiger partial charge in [0.05, 0.1) is 0 Å². The zero-order chi connectivity index (χ0) is 19.6. The van der Waals surface area contributed by atoms with E-state index in [4.69, 9.17) is 10.2 Å². The first kappa shape index (κ1) is 23.4. The molecule has 0 spiro atoms. The molecule has 0 aromatic heterocycles. The van der Waals surface area contributed by atoms with Gasteiger partial charge in [0.1, 0.15) is 0 Å². The van der Waals surface area contributed by atoms with Crippen molar-refractivity contribution in [3.63, 3.8) is 0 Å². The molecule has 4 nitrogen and oxygen atoms in total. The molecule has 0 saturated carbocycles. The molecule has 26 heavy (non-hydrogen) atoms. The van der Waals surface area contributed by atoms with Crippen LogP contribution in [0.2, 0.25) is 0 Å². The average Bonchev–Trinajstić information content (AvgIpc) is 2.59. The van der Waals surface area contributed by atoms with Crippen molar-refractivity contribution in [3.8, 4) is 0 Å². The maximum Gasteiger partial charge on any atom is 0.328 e. The van der Waals surface area contributed by atoms with Crippen LogP contribution in [0, 0.1) is 5.92 Å². The highest BCUT2D eigenvalue weighted by Gasteiger charge is 1.93. The van der Waals surface area contributed by atoms with Crippen molar-refractivity contribution in [2.45, 2.75) is 46.0 Å². The molecule has 0 amide bonds. The van der Waals surface area contributed by atoms with E-state index < -0.39 is 11.9 Å². The van der Waals surface area contributed by atoms with Gasteiger partial charge in [-0.05, 0) is 24.3 Å². The van der Waals surface area contributed by atoms with Gasteiger partial charge in [0.25, 0.3) is 0 Å². The largest absolute Gasteiger partial charge is 0.478 e. The minimum Gasteiger partial charge on any atom is -0.478 e. The maximum absolute atomic E-state index is 10.1. The highest BCUT2D eigenvalue weighted by atomic mass is 16.4. The van der Waals surface area contributed by atoms with Gasteiger partial charge in [-0.25, -0.2) is 9.59 Å². The van der Waals surface area contributed by atoms with E-state index in [0.29, 0.717) is 0 Å². The summed E-state index contributed by atoms with van der Waals surface area (Å²) < 4.78 is 0. The van der Waals surface area contributed by atoms with Crippen LogP contribution >= 0.6 is 0 Å². The first-order valence-corrected chi connectivity index (χ1v) is 8.94. The molecule has 142 valence electrons. The summed E-state index contributed by atoms with van der Waals surface area (Å²) in [4.78, 5) is 20.2. The molecule has 1 aromatic rings. The molecule has 1 rings (SSSR count). The number of unbranched alkanes of at least 4 members (excludes halogenated alkanes) is 3. The summed E-state index contributed by atoms with van der Waals surface area (Å²) in [5.41, 5.74) is 1.05. The Bertz CT molecular complexity index is 583. The number of allylic oxidation sites excluding steroid dienone is 3. The van der Waals surface area contributed by atoms with E-state index in [9.17, 15) is 9.59 Å². The minimum atomic E-state index is -0.933. The smallest absolute Gasteiger partial charge is 0.328 e. The molecule has 0 aliphatic rings. The van der Waals surface area contributed by atoms with E-state index in [1.807, 2.05) is 36.4 Å². The molecule has 0 aliphatic carbocycles. The molecule has 2 N–H and O–H groups in total. The van der Waals surface area contributed by atoms with Crippen LogP contribution in [0.4, 0.5) is 0 Å². The monoisotopic (exact) mass is 358 g/mol. The van der Waals surface area contributed by atoms with Gasteiger partial charge in [0.15, 0.2) is 0 Å². The molecular formula is C22H30O4. The zero-order valence-corrected chi connectivity index (χ0v) is 15.7. The van der Waals surface area contributed by atoms with Crippen molar-refractivity contribution in [2.75, 3.05) is 0 Å². The van der Waals surface area contributed by atoms with E-state index in [0.717, 1.165) is 30.4 Å². The van der Waals surface area contributed by atoms with Gasteiger partial charge in [-0.3, -0.25) is 0 Å². The van der Waals surface area contributed by atoms with Crippen molar-refractivity contribution in [2.24, 2.45) is 5.92 Å². The van der Waals surface area contributed by atoms with Crippen molar-refractivity contribution < 1.29 is 19.8 Å². The van der Waals surface area contributed by atoms with Crippen molar-refractivity contribution >= 4 is 18.0 Å². The number of aliphatic carboxylic acids is 2. The normalized spacial score (nSPS) is 11.2. The number of rotatable bonds is 10. The SMILES string of the molecule is CC(C)CCCCCC=CC(=O)O.O=C(O)C=CC=Cc1ccccc1. The molecule has 0 radical (unpaired) electrons. The lowest BCUT2D eigenvalue weighted by Crippen LogP contribution is -1.87. The van der Waals surface area contributed by atoms with E-state index >= 15 is 0 Å². The summed E-state index contributed by atoms with van der Waals surface area (Å²) in [5.74, 6) is -0.991. The fourth-order valence-corrected chi connectivity index (χ4v) is 2.04. The Morgan fingerprint density at radius 2 is 1.58 bits per heavy atom. The molecule has 0 atom stereocenters. The van der Waals surface area contributed by atoms with Crippen molar-refractivity contribution in [1.29, 1.82) is 0 Å². The lowest BCUT2D eigenvalue weighted by Gasteiger charge is -2.02. The Labute approximate surface area is 156 Å². The molecule has 0 heterocycles. The van der Waals surface area contributed by atoms with Gasteiger partial charge in [-0.1, -0.05) is 87.7 Å². The molecular weight excluding hydrogens is 328 g/mol. The second-order valence-electron chi connectivity index (χ2n) is 6.24. The van der Waals surface area contributed by atoms with Crippen molar-refractivity contribution in [3.05, 3.63) is 66.3 Å². The van der Waals surface area contributed by atoms with Gasteiger partial charge < -0.3 is 10.2 Å². The Balaban J connectivity index is 0.000000481. The number of benzene rings is 1. The fourth-order valence-electron chi connectivity index (χ4n) is 2.04. The second-order valence-corrected chi connectivity index (χ2v) is 6.24. The van der Waals surface area contributed by atoms with Crippen LogP contribution in [0.25, 0.3) is 6.08 Å². The molecule has 4 heteroatoms.